The largest absolute Gasteiger partial charge is 0.335 e. The highest BCUT2D eigenvalue weighted by molar-refractivity contribution is 7.21. The van der Waals surface area contributed by atoms with Crippen molar-refractivity contribution < 1.29 is 4.79 Å². The third kappa shape index (κ3) is 2.80. The van der Waals surface area contributed by atoms with Gasteiger partial charge >= 0.3 is 0 Å². The fourth-order valence-electron chi connectivity index (χ4n) is 2.72. The Balaban J connectivity index is 1.86. The topological polar surface area (TPSA) is 23.6 Å². The molecule has 0 unspecified atom stereocenters. The molecule has 0 saturated carbocycles. The van der Waals surface area contributed by atoms with Crippen molar-refractivity contribution >= 4 is 38.9 Å². The average Bonchev–Trinajstić information content (AvgIpc) is 2.83. The van der Waals surface area contributed by atoms with Crippen LogP contribution in [0.4, 0.5) is 0 Å². The Morgan fingerprint density at radius 2 is 2.00 bits per heavy atom. The summed E-state index contributed by atoms with van der Waals surface area (Å²) >= 11 is 7.94. The van der Waals surface area contributed by atoms with Crippen LogP contribution in [0.15, 0.2) is 18.2 Å². The Hall–Kier alpha value is -1.10. The van der Waals surface area contributed by atoms with Crippen molar-refractivity contribution in [2.24, 2.45) is 0 Å². The molecule has 1 aliphatic heterocycles. The van der Waals surface area contributed by atoms with Gasteiger partial charge in [0, 0.05) is 36.3 Å². The molecule has 2 heterocycles. The first-order valence-corrected chi connectivity index (χ1v) is 8.50. The van der Waals surface area contributed by atoms with Crippen molar-refractivity contribution in [1.29, 1.82) is 0 Å². The lowest BCUT2D eigenvalue weighted by Crippen LogP contribution is -2.48. The van der Waals surface area contributed by atoms with Crippen LogP contribution >= 0.6 is 22.9 Å². The molecule has 1 aromatic heterocycles. The number of carbonyl (C=O) groups is 1. The summed E-state index contributed by atoms with van der Waals surface area (Å²) in [6.07, 6.45) is 0. The molecular formula is C16H19ClN2OS. The fourth-order valence-corrected chi connectivity index (χ4v) is 4.30. The van der Waals surface area contributed by atoms with E-state index in [1.54, 1.807) is 0 Å². The number of piperazine rings is 1. The van der Waals surface area contributed by atoms with E-state index in [1.165, 1.54) is 16.9 Å². The van der Waals surface area contributed by atoms with Crippen molar-refractivity contribution in [2.75, 3.05) is 32.7 Å². The van der Waals surface area contributed by atoms with Gasteiger partial charge in [-0.15, -0.1) is 11.3 Å². The van der Waals surface area contributed by atoms with E-state index >= 15 is 0 Å². The minimum absolute atomic E-state index is 0.0783. The maximum absolute atomic E-state index is 12.7. The third-order valence-electron chi connectivity index (χ3n) is 4.09. The number of halogens is 1. The van der Waals surface area contributed by atoms with Crippen LogP contribution in [0.25, 0.3) is 10.1 Å². The summed E-state index contributed by atoms with van der Waals surface area (Å²) in [6, 6.07) is 6.14. The number of benzene rings is 1. The van der Waals surface area contributed by atoms with Crippen molar-refractivity contribution in [2.45, 2.75) is 13.8 Å². The summed E-state index contributed by atoms with van der Waals surface area (Å²) in [5.41, 5.74) is 1.19. The highest BCUT2D eigenvalue weighted by atomic mass is 35.5. The number of likely N-dealkylation sites (N-methyl/N-ethyl adjacent to an activating group) is 1. The number of amides is 1. The molecule has 112 valence electrons. The number of carbonyl (C=O) groups excluding carboxylic acids is 1. The average molecular weight is 323 g/mol. The Bertz CT molecular complexity index is 674. The number of nitrogens with zero attached hydrogens (tertiary/aromatic N) is 2. The second kappa shape index (κ2) is 5.95. The molecule has 0 spiro atoms. The Morgan fingerprint density at radius 3 is 2.67 bits per heavy atom. The van der Waals surface area contributed by atoms with Gasteiger partial charge in [0.2, 0.25) is 0 Å². The van der Waals surface area contributed by atoms with Crippen molar-refractivity contribution in [3.63, 3.8) is 0 Å². The molecule has 1 aliphatic rings. The molecule has 5 heteroatoms. The molecule has 1 amide bonds. The zero-order valence-corrected chi connectivity index (χ0v) is 13.9. The molecule has 0 N–H and O–H groups in total. The van der Waals surface area contributed by atoms with Gasteiger partial charge in [-0.2, -0.15) is 0 Å². The van der Waals surface area contributed by atoms with Gasteiger partial charge in [0.25, 0.3) is 5.91 Å². The van der Waals surface area contributed by atoms with Crippen LogP contribution in [0.2, 0.25) is 5.02 Å². The maximum Gasteiger partial charge on any atom is 0.265 e. The highest BCUT2D eigenvalue weighted by Gasteiger charge is 2.25. The van der Waals surface area contributed by atoms with E-state index < -0.39 is 0 Å². The van der Waals surface area contributed by atoms with E-state index in [0.29, 0.717) is 9.90 Å². The van der Waals surface area contributed by atoms with Gasteiger partial charge in [-0.25, -0.2) is 0 Å². The molecule has 1 aromatic carbocycles. The van der Waals surface area contributed by atoms with E-state index in [1.807, 2.05) is 17.0 Å². The molecule has 3 nitrogen and oxygen atoms in total. The van der Waals surface area contributed by atoms with Crippen LogP contribution in [-0.4, -0.2) is 48.4 Å². The standard InChI is InChI=1S/C16H19ClN2OS/c1-3-18-6-8-19(9-7-18)16(20)15-14(17)12-5-4-11(2)10-13(12)21-15/h4-5,10H,3,6-9H2,1-2H3. The van der Waals surface area contributed by atoms with Crippen LogP contribution in [0.5, 0.6) is 0 Å². The first-order chi connectivity index (χ1) is 10.1. The number of aryl methyl sites for hydroxylation is 1. The smallest absolute Gasteiger partial charge is 0.265 e. The van der Waals surface area contributed by atoms with Gasteiger partial charge in [0.1, 0.15) is 4.88 Å². The monoisotopic (exact) mass is 322 g/mol. The lowest BCUT2D eigenvalue weighted by atomic mass is 10.2. The van der Waals surface area contributed by atoms with Gasteiger partial charge in [0.15, 0.2) is 0 Å². The van der Waals surface area contributed by atoms with Crippen molar-refractivity contribution in [3.8, 4) is 0 Å². The van der Waals surface area contributed by atoms with Crippen molar-refractivity contribution in [1.82, 2.24) is 9.80 Å². The van der Waals surface area contributed by atoms with E-state index in [9.17, 15) is 4.79 Å². The summed E-state index contributed by atoms with van der Waals surface area (Å²) in [4.78, 5) is 17.7. The first-order valence-electron chi connectivity index (χ1n) is 7.30. The Labute approximate surface area is 134 Å². The molecule has 3 rings (SSSR count). The molecular weight excluding hydrogens is 304 g/mol. The zero-order valence-electron chi connectivity index (χ0n) is 12.4. The highest BCUT2D eigenvalue weighted by Crippen LogP contribution is 2.36. The molecule has 21 heavy (non-hydrogen) atoms. The van der Waals surface area contributed by atoms with Crippen LogP contribution in [0, 0.1) is 6.92 Å². The van der Waals surface area contributed by atoms with Crippen LogP contribution in [0.3, 0.4) is 0 Å². The molecule has 1 fully saturated rings. The van der Waals surface area contributed by atoms with Crippen LogP contribution in [-0.2, 0) is 0 Å². The minimum Gasteiger partial charge on any atom is -0.335 e. The quantitative estimate of drug-likeness (QED) is 0.842. The summed E-state index contributed by atoms with van der Waals surface area (Å²) in [6.45, 7) is 8.73. The maximum atomic E-state index is 12.7. The van der Waals surface area contributed by atoms with Crippen molar-refractivity contribution in [3.05, 3.63) is 33.7 Å². The molecule has 2 aromatic rings. The Kier molecular flexibility index (Phi) is 4.20. The fraction of sp³-hybridized carbons (Fsp3) is 0.438. The summed E-state index contributed by atoms with van der Waals surface area (Å²) in [7, 11) is 0. The number of rotatable bonds is 2. The number of hydrogen-bond donors (Lipinski definition) is 0. The lowest BCUT2D eigenvalue weighted by Gasteiger charge is -2.33. The van der Waals surface area contributed by atoms with Gasteiger partial charge in [-0.3, -0.25) is 4.79 Å². The molecule has 0 atom stereocenters. The predicted molar refractivity (Wildman–Crippen MR) is 89.6 cm³/mol. The minimum atomic E-state index is 0.0783. The van der Waals surface area contributed by atoms with E-state index in [4.69, 9.17) is 11.6 Å². The summed E-state index contributed by atoms with van der Waals surface area (Å²) in [5.74, 6) is 0.0783. The summed E-state index contributed by atoms with van der Waals surface area (Å²) in [5, 5.41) is 1.60. The van der Waals surface area contributed by atoms with Crippen LogP contribution < -0.4 is 0 Å². The number of fused-ring (bicyclic) bond motifs is 1. The lowest BCUT2D eigenvalue weighted by molar-refractivity contribution is 0.0648. The molecule has 0 bridgehead atoms. The first kappa shape index (κ1) is 14.8. The second-order valence-electron chi connectivity index (χ2n) is 5.47. The second-order valence-corrected chi connectivity index (χ2v) is 6.90. The van der Waals surface area contributed by atoms with Crippen LogP contribution in [0.1, 0.15) is 22.2 Å². The SMILES string of the molecule is CCN1CCN(C(=O)c2sc3cc(C)ccc3c2Cl)CC1. The summed E-state index contributed by atoms with van der Waals surface area (Å²) < 4.78 is 1.09. The number of thiophene rings is 1. The van der Waals surface area contributed by atoms with E-state index in [2.05, 4.69) is 24.8 Å². The predicted octanol–water partition coefficient (Wildman–Crippen LogP) is 3.64. The van der Waals surface area contributed by atoms with E-state index in [0.717, 1.165) is 42.8 Å². The third-order valence-corrected chi connectivity index (χ3v) is 5.73. The van der Waals surface area contributed by atoms with Gasteiger partial charge in [-0.1, -0.05) is 30.7 Å². The normalized spacial score (nSPS) is 16.6. The molecule has 1 saturated heterocycles. The van der Waals surface area contributed by atoms with Gasteiger partial charge in [0.05, 0.1) is 5.02 Å². The number of hydrogen-bond acceptors (Lipinski definition) is 3. The van der Waals surface area contributed by atoms with E-state index in [-0.39, 0.29) is 5.91 Å². The Morgan fingerprint density at radius 1 is 1.29 bits per heavy atom. The molecule has 0 aliphatic carbocycles. The van der Waals surface area contributed by atoms with Gasteiger partial charge in [-0.05, 0) is 25.1 Å². The zero-order chi connectivity index (χ0) is 15.0. The molecule has 0 radical (unpaired) electrons. The van der Waals surface area contributed by atoms with Gasteiger partial charge < -0.3 is 9.80 Å².